The van der Waals surface area contributed by atoms with E-state index in [0.717, 1.165) is 17.7 Å². The van der Waals surface area contributed by atoms with E-state index in [-0.39, 0.29) is 0 Å². The van der Waals surface area contributed by atoms with E-state index in [0.29, 0.717) is 0 Å². The molecule has 20 heavy (non-hydrogen) atoms. The van der Waals surface area contributed by atoms with Crippen LogP contribution in [-0.2, 0) is 6.54 Å². The van der Waals surface area contributed by atoms with Gasteiger partial charge in [0.05, 0.1) is 17.4 Å². The van der Waals surface area contributed by atoms with Gasteiger partial charge in [0.15, 0.2) is 0 Å². The molecule has 0 saturated heterocycles. The van der Waals surface area contributed by atoms with E-state index in [1.807, 2.05) is 24.4 Å². The summed E-state index contributed by atoms with van der Waals surface area (Å²) in [6, 6.07) is 16.7. The number of nitrogens with zero attached hydrogens (tertiary/aromatic N) is 1. The van der Waals surface area contributed by atoms with Crippen LogP contribution in [0.5, 0.6) is 0 Å². The monoisotopic (exact) mass is 262 g/mol. The third-order valence-electron chi connectivity index (χ3n) is 3.70. The van der Waals surface area contributed by atoms with Crippen molar-refractivity contribution in [1.82, 2.24) is 4.98 Å². The van der Waals surface area contributed by atoms with Crippen LogP contribution in [0.4, 0.5) is 5.69 Å². The van der Waals surface area contributed by atoms with E-state index in [9.17, 15) is 0 Å². The van der Waals surface area contributed by atoms with Crippen LogP contribution >= 0.6 is 0 Å². The molecule has 1 aromatic heterocycles. The average molecular weight is 262 g/mol. The molecule has 2 nitrogen and oxygen atoms in total. The van der Waals surface area contributed by atoms with Gasteiger partial charge in [0.2, 0.25) is 0 Å². The van der Waals surface area contributed by atoms with Crippen LogP contribution in [0.15, 0.2) is 54.7 Å². The first kappa shape index (κ1) is 12.7. The molecule has 0 amide bonds. The summed E-state index contributed by atoms with van der Waals surface area (Å²) in [5, 5.41) is 4.64. The van der Waals surface area contributed by atoms with Crippen LogP contribution in [0.3, 0.4) is 0 Å². The van der Waals surface area contributed by atoms with Crippen LogP contribution in [0.2, 0.25) is 0 Å². The van der Waals surface area contributed by atoms with Crippen LogP contribution in [0.1, 0.15) is 16.7 Å². The normalized spacial score (nSPS) is 10.7. The average Bonchev–Trinajstić information content (AvgIpc) is 2.46. The lowest BCUT2D eigenvalue weighted by atomic mass is 10.0. The Balaban J connectivity index is 1.83. The van der Waals surface area contributed by atoms with Gasteiger partial charge in [-0.3, -0.25) is 4.98 Å². The van der Waals surface area contributed by atoms with E-state index in [1.165, 1.54) is 22.1 Å². The van der Waals surface area contributed by atoms with Crippen LogP contribution < -0.4 is 5.32 Å². The number of hydrogen-bond acceptors (Lipinski definition) is 2. The summed E-state index contributed by atoms with van der Waals surface area (Å²) in [4.78, 5) is 4.48. The van der Waals surface area contributed by atoms with Crippen LogP contribution in [0, 0.1) is 13.8 Å². The van der Waals surface area contributed by atoms with Gasteiger partial charge in [0.25, 0.3) is 0 Å². The molecule has 0 spiro atoms. The van der Waals surface area contributed by atoms with E-state index in [1.54, 1.807) is 0 Å². The molecular formula is C18H18N2. The van der Waals surface area contributed by atoms with Gasteiger partial charge in [-0.2, -0.15) is 0 Å². The summed E-state index contributed by atoms with van der Waals surface area (Å²) in [6.45, 7) is 5.14. The maximum atomic E-state index is 4.48. The van der Waals surface area contributed by atoms with Gasteiger partial charge < -0.3 is 5.32 Å². The summed E-state index contributed by atoms with van der Waals surface area (Å²) in [7, 11) is 0. The second-order valence-electron chi connectivity index (χ2n) is 5.14. The van der Waals surface area contributed by atoms with Gasteiger partial charge in [0, 0.05) is 11.9 Å². The lowest BCUT2D eigenvalue weighted by Gasteiger charge is -2.12. The Bertz CT molecular complexity index is 727. The van der Waals surface area contributed by atoms with Crippen molar-refractivity contribution >= 4 is 16.6 Å². The van der Waals surface area contributed by atoms with Crippen molar-refractivity contribution in [2.75, 3.05) is 5.32 Å². The molecule has 0 bridgehead atoms. The SMILES string of the molecule is Cc1cccc(C)c1CNc1cnc2ccccc2c1. The highest BCUT2D eigenvalue weighted by molar-refractivity contribution is 5.81. The minimum Gasteiger partial charge on any atom is -0.380 e. The van der Waals surface area contributed by atoms with Crippen LogP contribution in [-0.4, -0.2) is 4.98 Å². The van der Waals surface area contributed by atoms with E-state index >= 15 is 0 Å². The fourth-order valence-corrected chi connectivity index (χ4v) is 2.49. The Kier molecular flexibility index (Phi) is 3.38. The highest BCUT2D eigenvalue weighted by Crippen LogP contribution is 2.19. The van der Waals surface area contributed by atoms with Crippen LogP contribution in [0.25, 0.3) is 10.9 Å². The summed E-state index contributed by atoms with van der Waals surface area (Å²) in [5.74, 6) is 0. The van der Waals surface area contributed by atoms with Gasteiger partial charge in [-0.15, -0.1) is 0 Å². The number of fused-ring (bicyclic) bond motifs is 1. The number of hydrogen-bond donors (Lipinski definition) is 1. The molecule has 1 heterocycles. The van der Waals surface area contributed by atoms with Gasteiger partial charge in [0.1, 0.15) is 0 Å². The number of anilines is 1. The van der Waals surface area contributed by atoms with Crippen molar-refractivity contribution in [3.8, 4) is 0 Å². The molecule has 2 heteroatoms. The Morgan fingerprint density at radius 2 is 1.70 bits per heavy atom. The van der Waals surface area contributed by atoms with E-state index in [4.69, 9.17) is 0 Å². The number of benzene rings is 2. The number of nitrogens with one attached hydrogen (secondary N) is 1. The predicted octanol–water partition coefficient (Wildman–Crippen LogP) is 4.46. The first-order valence-electron chi connectivity index (χ1n) is 6.88. The molecule has 0 fully saturated rings. The Morgan fingerprint density at radius 3 is 2.50 bits per heavy atom. The molecule has 0 saturated carbocycles. The molecule has 2 aromatic carbocycles. The molecule has 0 radical (unpaired) electrons. The van der Waals surface area contributed by atoms with Crippen molar-refractivity contribution in [2.45, 2.75) is 20.4 Å². The zero-order valence-corrected chi connectivity index (χ0v) is 11.9. The fraction of sp³-hybridized carbons (Fsp3) is 0.167. The fourth-order valence-electron chi connectivity index (χ4n) is 2.49. The molecule has 0 atom stereocenters. The predicted molar refractivity (Wildman–Crippen MR) is 85.0 cm³/mol. The molecule has 100 valence electrons. The minimum atomic E-state index is 0.832. The molecule has 3 aromatic rings. The number of aromatic nitrogens is 1. The standard InChI is InChI=1S/C18H18N2/c1-13-6-5-7-14(2)17(13)12-19-16-10-15-8-3-4-9-18(15)20-11-16/h3-11,19H,12H2,1-2H3. The molecule has 0 unspecified atom stereocenters. The number of para-hydroxylation sites is 1. The maximum absolute atomic E-state index is 4.48. The summed E-state index contributed by atoms with van der Waals surface area (Å²) in [5.41, 5.74) is 6.11. The van der Waals surface area contributed by atoms with Crippen molar-refractivity contribution in [3.05, 3.63) is 71.4 Å². The second-order valence-corrected chi connectivity index (χ2v) is 5.14. The van der Waals surface area contributed by atoms with E-state index in [2.05, 4.69) is 54.5 Å². The van der Waals surface area contributed by atoms with Gasteiger partial charge in [-0.05, 0) is 42.7 Å². The summed E-state index contributed by atoms with van der Waals surface area (Å²) >= 11 is 0. The Hall–Kier alpha value is -2.35. The van der Waals surface area contributed by atoms with E-state index < -0.39 is 0 Å². The van der Waals surface area contributed by atoms with Crippen molar-refractivity contribution in [3.63, 3.8) is 0 Å². The first-order valence-corrected chi connectivity index (χ1v) is 6.88. The molecule has 0 aliphatic carbocycles. The van der Waals surface area contributed by atoms with Gasteiger partial charge >= 0.3 is 0 Å². The topological polar surface area (TPSA) is 24.9 Å². The zero-order chi connectivity index (χ0) is 13.9. The Labute approximate surface area is 119 Å². The quantitative estimate of drug-likeness (QED) is 0.753. The highest BCUT2D eigenvalue weighted by atomic mass is 14.9. The summed E-state index contributed by atoms with van der Waals surface area (Å²) in [6.07, 6.45) is 1.90. The van der Waals surface area contributed by atoms with Gasteiger partial charge in [-0.1, -0.05) is 36.4 Å². The molecule has 0 aliphatic rings. The lowest BCUT2D eigenvalue weighted by Crippen LogP contribution is -2.03. The third-order valence-corrected chi connectivity index (χ3v) is 3.70. The molecular weight excluding hydrogens is 244 g/mol. The summed E-state index contributed by atoms with van der Waals surface area (Å²) < 4.78 is 0. The molecule has 1 N–H and O–H groups in total. The lowest BCUT2D eigenvalue weighted by molar-refractivity contribution is 1.09. The number of rotatable bonds is 3. The van der Waals surface area contributed by atoms with Crippen molar-refractivity contribution < 1.29 is 0 Å². The minimum absolute atomic E-state index is 0.832. The van der Waals surface area contributed by atoms with Crippen molar-refractivity contribution in [2.24, 2.45) is 0 Å². The first-order chi connectivity index (χ1) is 9.74. The maximum Gasteiger partial charge on any atom is 0.0703 e. The third kappa shape index (κ3) is 2.50. The largest absolute Gasteiger partial charge is 0.380 e. The Morgan fingerprint density at radius 1 is 0.950 bits per heavy atom. The molecule has 3 rings (SSSR count). The van der Waals surface area contributed by atoms with Gasteiger partial charge in [-0.25, -0.2) is 0 Å². The highest BCUT2D eigenvalue weighted by Gasteiger charge is 2.02. The smallest absolute Gasteiger partial charge is 0.0703 e. The van der Waals surface area contributed by atoms with Crippen molar-refractivity contribution in [1.29, 1.82) is 0 Å². The zero-order valence-electron chi connectivity index (χ0n) is 11.9. The number of aryl methyl sites for hydroxylation is 2. The second kappa shape index (κ2) is 5.33. The number of pyridine rings is 1. The molecule has 0 aliphatic heterocycles.